The third kappa shape index (κ3) is 9.54. The van der Waals surface area contributed by atoms with E-state index in [9.17, 15) is 0 Å². The van der Waals surface area contributed by atoms with E-state index in [-0.39, 0.29) is 0 Å². The van der Waals surface area contributed by atoms with E-state index in [1.165, 1.54) is 0 Å². The van der Waals surface area contributed by atoms with Gasteiger partial charge in [-0.2, -0.15) is 0 Å². The van der Waals surface area contributed by atoms with Gasteiger partial charge in [-0.1, -0.05) is 6.92 Å². The van der Waals surface area contributed by atoms with E-state index in [0.717, 1.165) is 32.6 Å². The van der Waals surface area contributed by atoms with Crippen molar-refractivity contribution in [3.63, 3.8) is 0 Å². The van der Waals surface area contributed by atoms with Gasteiger partial charge in [-0.25, -0.2) is 0 Å². The van der Waals surface area contributed by atoms with Gasteiger partial charge in [0.1, 0.15) is 13.5 Å². The summed E-state index contributed by atoms with van der Waals surface area (Å²) in [7, 11) is 1.91. The van der Waals surface area contributed by atoms with Gasteiger partial charge in [0.15, 0.2) is 0 Å². The van der Waals surface area contributed by atoms with E-state index < -0.39 is 9.28 Å². The molecule has 116 valence electrons. The van der Waals surface area contributed by atoms with Crippen LogP contribution in [0.2, 0.25) is 5.54 Å². The largest absolute Gasteiger partial charge is 0.397 e. The first-order valence-electron chi connectivity index (χ1n) is 7.12. The average molecular weight is 293 g/mol. The quantitative estimate of drug-likeness (QED) is 0.383. The molecule has 0 aromatic rings. The third-order valence-corrected chi connectivity index (χ3v) is 5.47. The molecule has 0 aliphatic heterocycles. The Hall–Kier alpha value is 0.0169. The van der Waals surface area contributed by atoms with Crippen LogP contribution in [0, 0.1) is 0 Å². The standard InChI is InChI=1S/C13H31NO4Si/c1-6-17-19(18-7-2)13(3)9-8-10-14(11-15-4)12-16-5/h13,19H,6-12H2,1-5H3. The predicted octanol–water partition coefficient (Wildman–Crippen LogP) is 1.96. The fraction of sp³-hybridized carbons (Fsp3) is 1.00. The van der Waals surface area contributed by atoms with Crippen LogP contribution in [-0.2, 0) is 18.3 Å². The monoisotopic (exact) mass is 293 g/mol. The summed E-state index contributed by atoms with van der Waals surface area (Å²) in [4.78, 5) is 2.14. The molecule has 0 aromatic heterocycles. The SMILES string of the molecule is CCO[SiH](OCC)C(C)CCCN(COC)COC. The molecular weight excluding hydrogens is 262 g/mol. The van der Waals surface area contributed by atoms with Gasteiger partial charge in [0, 0.05) is 34.0 Å². The second-order valence-electron chi connectivity index (χ2n) is 4.63. The number of rotatable bonds is 13. The minimum atomic E-state index is -1.50. The Balaban J connectivity index is 3.93. The van der Waals surface area contributed by atoms with Crippen molar-refractivity contribution in [2.75, 3.05) is 47.4 Å². The van der Waals surface area contributed by atoms with Gasteiger partial charge in [-0.3, -0.25) is 4.90 Å². The maximum absolute atomic E-state index is 5.75. The molecule has 0 saturated carbocycles. The van der Waals surface area contributed by atoms with Crippen molar-refractivity contribution in [1.29, 1.82) is 0 Å². The molecule has 0 rings (SSSR count). The van der Waals surface area contributed by atoms with Crippen LogP contribution in [0.4, 0.5) is 0 Å². The molecule has 0 bridgehead atoms. The van der Waals surface area contributed by atoms with E-state index in [1.807, 2.05) is 13.8 Å². The van der Waals surface area contributed by atoms with Gasteiger partial charge >= 0.3 is 9.28 Å². The molecule has 0 saturated heterocycles. The zero-order valence-corrected chi connectivity index (χ0v) is 14.3. The maximum atomic E-state index is 5.75. The van der Waals surface area contributed by atoms with E-state index in [2.05, 4.69) is 11.8 Å². The molecule has 1 atom stereocenters. The number of methoxy groups -OCH3 is 2. The van der Waals surface area contributed by atoms with Crippen LogP contribution in [0.5, 0.6) is 0 Å². The molecule has 0 spiro atoms. The summed E-state index contributed by atoms with van der Waals surface area (Å²) < 4.78 is 21.8. The van der Waals surface area contributed by atoms with Gasteiger partial charge in [0.05, 0.1) is 0 Å². The first-order valence-corrected chi connectivity index (χ1v) is 8.73. The van der Waals surface area contributed by atoms with Crippen molar-refractivity contribution >= 4 is 9.28 Å². The Morgan fingerprint density at radius 1 is 1.00 bits per heavy atom. The molecule has 0 heterocycles. The van der Waals surface area contributed by atoms with Crippen molar-refractivity contribution in [1.82, 2.24) is 4.90 Å². The number of nitrogens with zero attached hydrogens (tertiary/aromatic N) is 1. The van der Waals surface area contributed by atoms with E-state index in [4.69, 9.17) is 18.3 Å². The van der Waals surface area contributed by atoms with Crippen LogP contribution in [-0.4, -0.2) is 61.6 Å². The molecule has 0 N–H and O–H groups in total. The first kappa shape index (κ1) is 19.0. The van der Waals surface area contributed by atoms with Crippen molar-refractivity contribution in [3.8, 4) is 0 Å². The number of ether oxygens (including phenoxy) is 2. The summed E-state index contributed by atoms with van der Waals surface area (Å²) in [5.74, 6) is 0. The Kier molecular flexibility index (Phi) is 13.0. The van der Waals surface area contributed by atoms with Crippen LogP contribution in [0.1, 0.15) is 33.6 Å². The summed E-state index contributed by atoms with van der Waals surface area (Å²) in [5.41, 5.74) is 0.534. The van der Waals surface area contributed by atoms with Crippen LogP contribution in [0.25, 0.3) is 0 Å². The summed E-state index contributed by atoms with van der Waals surface area (Å²) in [6, 6.07) is 0. The lowest BCUT2D eigenvalue weighted by atomic mass is 10.2. The summed E-state index contributed by atoms with van der Waals surface area (Å²) in [6.45, 7) is 10.0. The first-order chi connectivity index (χ1) is 9.19. The van der Waals surface area contributed by atoms with Gasteiger partial charge in [0.2, 0.25) is 0 Å². The Labute approximate surface area is 120 Å². The highest BCUT2D eigenvalue weighted by Crippen LogP contribution is 2.18. The zero-order valence-electron chi connectivity index (χ0n) is 13.2. The van der Waals surface area contributed by atoms with Crippen molar-refractivity contribution in [3.05, 3.63) is 0 Å². The lowest BCUT2D eigenvalue weighted by Crippen LogP contribution is -2.31. The van der Waals surface area contributed by atoms with Crippen LogP contribution in [0.15, 0.2) is 0 Å². The van der Waals surface area contributed by atoms with Gasteiger partial charge in [-0.05, 0) is 32.2 Å². The lowest BCUT2D eigenvalue weighted by molar-refractivity contribution is -0.0141. The van der Waals surface area contributed by atoms with E-state index >= 15 is 0 Å². The minimum absolute atomic E-state index is 0.534. The smallest absolute Gasteiger partial charge is 0.324 e. The van der Waals surface area contributed by atoms with Gasteiger partial charge in [0.25, 0.3) is 0 Å². The average Bonchev–Trinajstić information content (AvgIpc) is 2.39. The summed E-state index contributed by atoms with van der Waals surface area (Å²) >= 11 is 0. The predicted molar refractivity (Wildman–Crippen MR) is 79.5 cm³/mol. The highest BCUT2D eigenvalue weighted by atomic mass is 28.3. The van der Waals surface area contributed by atoms with Gasteiger partial charge < -0.3 is 18.3 Å². The Bertz CT molecular complexity index is 185. The molecule has 0 aliphatic rings. The molecule has 0 aliphatic carbocycles. The molecule has 0 aromatic carbocycles. The van der Waals surface area contributed by atoms with Gasteiger partial charge in [-0.15, -0.1) is 0 Å². The molecule has 19 heavy (non-hydrogen) atoms. The number of hydrogen-bond donors (Lipinski definition) is 0. The fourth-order valence-corrected chi connectivity index (χ4v) is 3.93. The van der Waals surface area contributed by atoms with Crippen molar-refractivity contribution in [2.24, 2.45) is 0 Å². The molecule has 0 amide bonds. The van der Waals surface area contributed by atoms with Crippen LogP contribution in [0.3, 0.4) is 0 Å². The summed E-state index contributed by atoms with van der Waals surface area (Å²) in [5, 5.41) is 0. The Morgan fingerprint density at radius 2 is 1.53 bits per heavy atom. The van der Waals surface area contributed by atoms with Crippen molar-refractivity contribution < 1.29 is 18.3 Å². The topological polar surface area (TPSA) is 40.2 Å². The zero-order chi connectivity index (χ0) is 14.5. The second kappa shape index (κ2) is 13.0. The van der Waals surface area contributed by atoms with Crippen molar-refractivity contribution in [2.45, 2.75) is 39.2 Å². The minimum Gasteiger partial charge on any atom is -0.397 e. The molecule has 0 fully saturated rings. The maximum Gasteiger partial charge on any atom is 0.324 e. The van der Waals surface area contributed by atoms with E-state index in [0.29, 0.717) is 19.0 Å². The second-order valence-corrected chi connectivity index (χ2v) is 7.17. The fourth-order valence-electron chi connectivity index (χ4n) is 2.01. The molecule has 1 unspecified atom stereocenters. The Morgan fingerprint density at radius 3 is 1.95 bits per heavy atom. The molecule has 0 radical (unpaired) electrons. The lowest BCUT2D eigenvalue weighted by Gasteiger charge is -2.23. The number of hydrogen-bond acceptors (Lipinski definition) is 5. The third-order valence-electron chi connectivity index (χ3n) is 2.88. The highest BCUT2D eigenvalue weighted by Gasteiger charge is 2.21. The van der Waals surface area contributed by atoms with Crippen LogP contribution >= 0.6 is 0 Å². The molecule has 6 heteroatoms. The molecule has 5 nitrogen and oxygen atoms in total. The van der Waals surface area contributed by atoms with Crippen LogP contribution < -0.4 is 0 Å². The molecular formula is C13H31NO4Si. The normalized spacial score (nSPS) is 13.4. The van der Waals surface area contributed by atoms with E-state index in [1.54, 1.807) is 14.2 Å². The highest BCUT2D eigenvalue weighted by molar-refractivity contribution is 6.46. The summed E-state index contributed by atoms with van der Waals surface area (Å²) in [6.07, 6.45) is 2.23.